The van der Waals surface area contributed by atoms with Crippen LogP contribution in [0.15, 0.2) is 42.5 Å². The van der Waals surface area contributed by atoms with E-state index in [9.17, 15) is 0 Å². The Morgan fingerprint density at radius 2 is 1.76 bits per heavy atom. The molecule has 3 nitrogen and oxygen atoms in total. The minimum Gasteiger partial charge on any atom is -0.332 e. The van der Waals surface area contributed by atoms with Crippen LogP contribution >= 0.6 is 23.8 Å². The lowest BCUT2D eigenvalue weighted by Gasteiger charge is -2.26. The van der Waals surface area contributed by atoms with Gasteiger partial charge in [-0.3, -0.25) is 4.90 Å². The number of thiocarbonyl (C=S) groups is 1. The van der Waals surface area contributed by atoms with E-state index in [1.54, 1.807) is 0 Å². The normalized spacial score (nSPS) is 15.0. The van der Waals surface area contributed by atoms with Gasteiger partial charge in [0.25, 0.3) is 0 Å². The molecule has 0 unspecified atom stereocenters. The van der Waals surface area contributed by atoms with Gasteiger partial charge in [-0.1, -0.05) is 36.2 Å². The monoisotopic (exact) mass is 373 g/mol. The van der Waals surface area contributed by atoms with Gasteiger partial charge in [-0.15, -0.1) is 0 Å². The van der Waals surface area contributed by atoms with Crippen molar-refractivity contribution >= 4 is 40.3 Å². The second kappa shape index (κ2) is 8.65. The second-order valence-electron chi connectivity index (χ2n) is 6.53. The van der Waals surface area contributed by atoms with Crippen LogP contribution in [0.5, 0.6) is 0 Å². The van der Waals surface area contributed by atoms with E-state index in [0.717, 1.165) is 28.5 Å². The van der Waals surface area contributed by atoms with Gasteiger partial charge in [0.2, 0.25) is 0 Å². The number of benzene rings is 2. The summed E-state index contributed by atoms with van der Waals surface area (Å²) < 4.78 is 0. The first-order valence-corrected chi connectivity index (χ1v) is 9.55. The molecular weight excluding hydrogens is 350 g/mol. The number of halogens is 1. The number of piperidine rings is 1. The first-order valence-electron chi connectivity index (χ1n) is 8.76. The number of nitrogens with zero attached hydrogens (tertiary/aromatic N) is 1. The van der Waals surface area contributed by atoms with Crippen LogP contribution in [-0.4, -0.2) is 23.1 Å². The van der Waals surface area contributed by atoms with Gasteiger partial charge in [-0.2, -0.15) is 0 Å². The topological polar surface area (TPSA) is 27.3 Å². The molecule has 0 radical (unpaired) electrons. The molecule has 0 bridgehead atoms. The first kappa shape index (κ1) is 18.2. The summed E-state index contributed by atoms with van der Waals surface area (Å²) >= 11 is 11.6. The van der Waals surface area contributed by atoms with Crippen molar-refractivity contribution in [2.45, 2.75) is 32.7 Å². The molecule has 1 saturated heterocycles. The molecule has 25 heavy (non-hydrogen) atoms. The summed E-state index contributed by atoms with van der Waals surface area (Å²) in [5.41, 5.74) is 4.24. The third-order valence-electron chi connectivity index (χ3n) is 4.58. The Hall–Kier alpha value is -1.62. The lowest BCUT2D eigenvalue weighted by atomic mass is 10.1. The summed E-state index contributed by atoms with van der Waals surface area (Å²) in [5.74, 6) is 0. The molecule has 1 aliphatic heterocycles. The summed E-state index contributed by atoms with van der Waals surface area (Å²) in [6, 6.07) is 14.3. The number of hydrogen-bond acceptors (Lipinski definition) is 2. The zero-order valence-corrected chi connectivity index (χ0v) is 16.1. The highest BCUT2D eigenvalue weighted by Gasteiger charge is 2.10. The molecule has 2 aromatic carbocycles. The molecule has 2 aromatic rings. The molecular formula is C20H24ClN3S. The summed E-state index contributed by atoms with van der Waals surface area (Å²) in [7, 11) is 0. The minimum absolute atomic E-state index is 0.564. The average molecular weight is 374 g/mol. The Morgan fingerprint density at radius 3 is 2.48 bits per heavy atom. The quantitative estimate of drug-likeness (QED) is 0.697. The van der Waals surface area contributed by atoms with Gasteiger partial charge in [-0.25, -0.2) is 0 Å². The minimum atomic E-state index is 0.564. The number of hydrogen-bond donors (Lipinski definition) is 2. The van der Waals surface area contributed by atoms with Gasteiger partial charge < -0.3 is 10.6 Å². The van der Waals surface area contributed by atoms with Crippen molar-refractivity contribution in [2.24, 2.45) is 0 Å². The van der Waals surface area contributed by atoms with Crippen LogP contribution in [0.3, 0.4) is 0 Å². The van der Waals surface area contributed by atoms with Gasteiger partial charge in [0, 0.05) is 22.9 Å². The van der Waals surface area contributed by atoms with Gasteiger partial charge in [0.15, 0.2) is 5.11 Å². The number of likely N-dealkylation sites (tertiary alicyclic amines) is 1. The van der Waals surface area contributed by atoms with Crippen molar-refractivity contribution in [3.8, 4) is 0 Å². The molecule has 0 amide bonds. The van der Waals surface area contributed by atoms with Gasteiger partial charge in [0.05, 0.1) is 0 Å². The molecule has 0 saturated carbocycles. The highest BCUT2D eigenvalue weighted by atomic mass is 35.5. The first-order chi connectivity index (χ1) is 12.1. The van der Waals surface area contributed by atoms with E-state index in [1.807, 2.05) is 25.1 Å². The fourth-order valence-electron chi connectivity index (χ4n) is 3.10. The van der Waals surface area contributed by atoms with Gasteiger partial charge >= 0.3 is 0 Å². The van der Waals surface area contributed by atoms with E-state index < -0.39 is 0 Å². The predicted molar refractivity (Wildman–Crippen MR) is 112 cm³/mol. The van der Waals surface area contributed by atoms with Gasteiger partial charge in [-0.05, 0) is 80.5 Å². The lowest BCUT2D eigenvalue weighted by Crippen LogP contribution is -2.29. The molecule has 1 aliphatic rings. The van der Waals surface area contributed by atoms with Crippen molar-refractivity contribution in [2.75, 3.05) is 23.7 Å². The largest absolute Gasteiger partial charge is 0.332 e. The number of rotatable bonds is 4. The molecule has 0 aliphatic carbocycles. The highest BCUT2D eigenvalue weighted by Crippen LogP contribution is 2.23. The van der Waals surface area contributed by atoms with Crippen molar-refractivity contribution in [3.63, 3.8) is 0 Å². The zero-order chi connectivity index (χ0) is 17.6. The Kier molecular flexibility index (Phi) is 6.29. The fourth-order valence-corrected chi connectivity index (χ4v) is 3.50. The average Bonchev–Trinajstić information content (AvgIpc) is 2.62. The zero-order valence-electron chi connectivity index (χ0n) is 14.5. The van der Waals surface area contributed by atoms with Crippen LogP contribution < -0.4 is 10.6 Å². The molecule has 0 aromatic heterocycles. The third kappa shape index (κ3) is 5.18. The highest BCUT2D eigenvalue weighted by molar-refractivity contribution is 7.80. The molecule has 1 fully saturated rings. The Labute approximate surface area is 160 Å². The standard InChI is InChI=1S/C20H24ClN3S/c1-15-18(21)6-5-7-19(15)23-20(25)22-17-10-8-16(9-11-17)14-24-12-3-2-4-13-24/h5-11H,2-4,12-14H2,1H3,(H2,22,23,25). The number of nitrogens with one attached hydrogen (secondary N) is 2. The maximum Gasteiger partial charge on any atom is 0.175 e. The predicted octanol–water partition coefficient (Wildman–Crippen LogP) is 5.44. The Bertz CT molecular complexity index is 724. The SMILES string of the molecule is Cc1c(Cl)cccc1NC(=S)Nc1ccc(CN2CCCCC2)cc1. The van der Waals surface area contributed by atoms with Crippen LogP contribution in [0.4, 0.5) is 11.4 Å². The van der Waals surface area contributed by atoms with Crippen molar-refractivity contribution in [1.29, 1.82) is 0 Å². The van der Waals surface area contributed by atoms with Gasteiger partial charge in [0.1, 0.15) is 0 Å². The summed E-state index contributed by atoms with van der Waals surface area (Å²) in [5, 5.41) is 7.73. The van der Waals surface area contributed by atoms with Crippen molar-refractivity contribution in [1.82, 2.24) is 4.90 Å². The second-order valence-corrected chi connectivity index (χ2v) is 7.34. The molecule has 5 heteroatoms. The summed E-state index contributed by atoms with van der Waals surface area (Å²) in [4.78, 5) is 2.53. The Balaban J connectivity index is 1.55. The fraction of sp³-hybridized carbons (Fsp3) is 0.350. The summed E-state index contributed by atoms with van der Waals surface area (Å²) in [6.45, 7) is 5.44. The van der Waals surface area contributed by atoms with Crippen molar-refractivity contribution in [3.05, 3.63) is 58.6 Å². The smallest absolute Gasteiger partial charge is 0.175 e. The van der Waals surface area contributed by atoms with Crippen LogP contribution in [0.1, 0.15) is 30.4 Å². The van der Waals surface area contributed by atoms with Crippen LogP contribution in [0.25, 0.3) is 0 Å². The van der Waals surface area contributed by atoms with E-state index in [-0.39, 0.29) is 0 Å². The van der Waals surface area contributed by atoms with E-state index in [0.29, 0.717) is 5.11 Å². The van der Waals surface area contributed by atoms with Crippen LogP contribution in [0.2, 0.25) is 5.02 Å². The molecule has 0 atom stereocenters. The molecule has 0 spiro atoms. The van der Waals surface area contributed by atoms with Crippen LogP contribution in [-0.2, 0) is 6.54 Å². The van der Waals surface area contributed by atoms with E-state index >= 15 is 0 Å². The van der Waals surface area contributed by atoms with E-state index in [1.165, 1.54) is 37.9 Å². The molecule has 2 N–H and O–H groups in total. The maximum atomic E-state index is 6.15. The molecule has 132 valence electrons. The molecule has 1 heterocycles. The van der Waals surface area contributed by atoms with E-state index in [4.69, 9.17) is 23.8 Å². The lowest BCUT2D eigenvalue weighted by molar-refractivity contribution is 0.221. The van der Waals surface area contributed by atoms with Crippen LogP contribution in [0, 0.1) is 6.92 Å². The van der Waals surface area contributed by atoms with Crippen molar-refractivity contribution < 1.29 is 0 Å². The number of anilines is 2. The Morgan fingerprint density at radius 1 is 1.04 bits per heavy atom. The third-order valence-corrected chi connectivity index (χ3v) is 5.20. The maximum absolute atomic E-state index is 6.15. The molecule has 3 rings (SSSR count). The summed E-state index contributed by atoms with van der Waals surface area (Å²) in [6.07, 6.45) is 4.01. The van der Waals surface area contributed by atoms with E-state index in [2.05, 4.69) is 39.8 Å².